The van der Waals surface area contributed by atoms with Crippen LogP contribution in [0.1, 0.15) is 45.1 Å². The van der Waals surface area contributed by atoms with Gasteiger partial charge in [-0.3, -0.25) is 10.9 Å². The number of benzene rings is 1. The zero-order valence-corrected chi connectivity index (χ0v) is 17.0. The maximum atomic E-state index is 5.37. The fourth-order valence-corrected chi connectivity index (χ4v) is 2.80. The molecule has 0 fully saturated rings. The molecule has 1 atom stereocenters. The predicted octanol–water partition coefficient (Wildman–Crippen LogP) is 2.97. The van der Waals surface area contributed by atoms with Crippen molar-refractivity contribution >= 4 is 34.7 Å². The number of nitrogens with one attached hydrogen (secondary N) is 4. The number of hydrogen-bond acceptors (Lipinski definition) is 4. The lowest BCUT2D eigenvalue weighted by Gasteiger charge is -2.17. The molecule has 4 N–H and O–H groups in total. The highest BCUT2D eigenvalue weighted by Crippen LogP contribution is 2.32. The van der Waals surface area contributed by atoms with E-state index in [1.165, 1.54) is 25.7 Å². The van der Waals surface area contributed by atoms with Crippen molar-refractivity contribution in [1.29, 1.82) is 0 Å². The smallest absolute Gasteiger partial charge is 0.231 e. The van der Waals surface area contributed by atoms with E-state index in [1.807, 2.05) is 18.2 Å². The number of fused-ring (bicyclic) bond motifs is 1. The van der Waals surface area contributed by atoms with Crippen molar-refractivity contribution in [1.82, 2.24) is 21.5 Å². The standard InChI is InChI=1S/C18H28N4O2S2/c1-3-4-5-6-13(2)10-19-17(25)21-22-18(26)20-11-14-7-8-15-16(9-14)24-12-23-15/h7-9,13H,3-6,10-12H2,1-2H3,(H2,19,21,25)(H2,20,22,26)/t13-/m1/s1. The molecule has 1 aliphatic rings. The Hall–Kier alpha value is -1.80. The molecular weight excluding hydrogens is 368 g/mol. The first-order valence-corrected chi connectivity index (χ1v) is 9.86. The number of rotatable bonds is 8. The summed E-state index contributed by atoms with van der Waals surface area (Å²) in [6.45, 7) is 6.17. The Bertz CT molecular complexity index is 613. The lowest BCUT2D eigenvalue weighted by atomic mass is 10.0. The van der Waals surface area contributed by atoms with Crippen LogP contribution in [0.25, 0.3) is 0 Å². The Balaban J connectivity index is 1.58. The molecule has 1 aromatic carbocycles. The fraction of sp³-hybridized carbons (Fsp3) is 0.556. The molecule has 144 valence electrons. The average molecular weight is 397 g/mol. The summed E-state index contributed by atoms with van der Waals surface area (Å²) < 4.78 is 10.7. The number of hydrogen-bond donors (Lipinski definition) is 4. The summed E-state index contributed by atoms with van der Waals surface area (Å²) in [5, 5.41) is 7.34. The molecule has 0 bridgehead atoms. The summed E-state index contributed by atoms with van der Waals surface area (Å²) in [6, 6.07) is 5.81. The molecule has 6 nitrogen and oxygen atoms in total. The molecule has 0 aromatic heterocycles. The molecule has 1 heterocycles. The van der Waals surface area contributed by atoms with E-state index in [-0.39, 0.29) is 6.79 Å². The van der Waals surface area contributed by atoms with Gasteiger partial charge in [0.1, 0.15) is 0 Å². The van der Waals surface area contributed by atoms with Crippen molar-refractivity contribution in [2.24, 2.45) is 5.92 Å². The molecule has 0 amide bonds. The van der Waals surface area contributed by atoms with E-state index in [0.29, 0.717) is 22.7 Å². The van der Waals surface area contributed by atoms with Crippen molar-refractivity contribution in [3.05, 3.63) is 23.8 Å². The van der Waals surface area contributed by atoms with Gasteiger partial charge in [-0.05, 0) is 54.5 Å². The molecule has 0 radical (unpaired) electrons. The van der Waals surface area contributed by atoms with Gasteiger partial charge in [0.2, 0.25) is 6.79 Å². The van der Waals surface area contributed by atoms with Crippen LogP contribution in [0, 0.1) is 5.92 Å². The van der Waals surface area contributed by atoms with E-state index < -0.39 is 0 Å². The van der Waals surface area contributed by atoms with Crippen LogP contribution in [0.15, 0.2) is 18.2 Å². The third-order valence-corrected chi connectivity index (χ3v) is 4.58. The number of hydrazine groups is 1. The Morgan fingerprint density at radius 3 is 2.58 bits per heavy atom. The molecule has 1 aliphatic heterocycles. The Morgan fingerprint density at radius 2 is 1.81 bits per heavy atom. The Morgan fingerprint density at radius 1 is 1.08 bits per heavy atom. The average Bonchev–Trinajstić information content (AvgIpc) is 3.11. The number of ether oxygens (including phenoxy) is 2. The van der Waals surface area contributed by atoms with Crippen LogP contribution in [0.5, 0.6) is 11.5 Å². The lowest BCUT2D eigenvalue weighted by molar-refractivity contribution is 0.174. The first-order valence-electron chi connectivity index (χ1n) is 9.04. The molecule has 8 heteroatoms. The first-order chi connectivity index (χ1) is 12.6. The van der Waals surface area contributed by atoms with E-state index in [0.717, 1.165) is 23.6 Å². The minimum atomic E-state index is 0.276. The summed E-state index contributed by atoms with van der Waals surface area (Å²) in [5.41, 5.74) is 6.85. The highest BCUT2D eigenvalue weighted by atomic mass is 32.1. The fourth-order valence-electron chi connectivity index (χ4n) is 2.55. The lowest BCUT2D eigenvalue weighted by Crippen LogP contribution is -2.50. The van der Waals surface area contributed by atoms with Gasteiger partial charge < -0.3 is 20.1 Å². The number of thiocarbonyl (C=S) groups is 2. The van der Waals surface area contributed by atoms with Crippen LogP contribution in [0.4, 0.5) is 0 Å². The molecule has 0 aliphatic carbocycles. The van der Waals surface area contributed by atoms with Gasteiger partial charge in [0, 0.05) is 13.1 Å². The third kappa shape index (κ3) is 7.21. The van der Waals surface area contributed by atoms with Crippen LogP contribution in [0.2, 0.25) is 0 Å². The molecule has 0 saturated carbocycles. The van der Waals surface area contributed by atoms with Gasteiger partial charge in [-0.2, -0.15) is 0 Å². The molecule has 26 heavy (non-hydrogen) atoms. The molecule has 0 saturated heterocycles. The van der Waals surface area contributed by atoms with E-state index >= 15 is 0 Å². The third-order valence-electron chi connectivity index (χ3n) is 4.09. The minimum Gasteiger partial charge on any atom is -0.454 e. The van der Waals surface area contributed by atoms with Crippen LogP contribution in [-0.2, 0) is 6.54 Å². The molecule has 2 rings (SSSR count). The second-order valence-corrected chi connectivity index (χ2v) is 7.25. The molecule has 1 aromatic rings. The van der Waals surface area contributed by atoms with E-state index in [9.17, 15) is 0 Å². The Labute approximate surface area is 166 Å². The topological polar surface area (TPSA) is 66.6 Å². The highest BCUT2D eigenvalue weighted by Gasteiger charge is 2.13. The zero-order chi connectivity index (χ0) is 18.8. The maximum Gasteiger partial charge on any atom is 0.231 e. The van der Waals surface area contributed by atoms with Crippen LogP contribution in [-0.4, -0.2) is 23.6 Å². The minimum absolute atomic E-state index is 0.276. The van der Waals surface area contributed by atoms with Crippen molar-refractivity contribution in [3.63, 3.8) is 0 Å². The van der Waals surface area contributed by atoms with Gasteiger partial charge >= 0.3 is 0 Å². The summed E-state index contributed by atoms with van der Waals surface area (Å²) in [7, 11) is 0. The SMILES string of the molecule is CCCCC[C@@H](C)CNC(=S)NNC(=S)NCc1ccc2c(c1)OCO2. The van der Waals surface area contributed by atoms with Crippen LogP contribution < -0.4 is 31.0 Å². The number of unbranched alkanes of at least 4 members (excludes halogenated alkanes) is 2. The summed E-state index contributed by atoms with van der Waals surface area (Å²) in [6.07, 6.45) is 5.02. The van der Waals surface area contributed by atoms with Gasteiger partial charge in [-0.25, -0.2) is 0 Å². The second kappa shape index (κ2) is 11.0. The van der Waals surface area contributed by atoms with Crippen LogP contribution >= 0.6 is 24.4 Å². The van der Waals surface area contributed by atoms with E-state index in [2.05, 4.69) is 35.3 Å². The van der Waals surface area contributed by atoms with Crippen molar-refractivity contribution < 1.29 is 9.47 Å². The van der Waals surface area contributed by atoms with Gasteiger partial charge in [-0.1, -0.05) is 39.2 Å². The quantitative estimate of drug-likeness (QED) is 0.304. The molecule has 0 unspecified atom stereocenters. The highest BCUT2D eigenvalue weighted by molar-refractivity contribution is 7.80. The van der Waals surface area contributed by atoms with Gasteiger partial charge in [0.05, 0.1) is 0 Å². The van der Waals surface area contributed by atoms with Crippen LogP contribution in [0.3, 0.4) is 0 Å². The largest absolute Gasteiger partial charge is 0.454 e. The summed E-state index contributed by atoms with van der Waals surface area (Å²) in [5.74, 6) is 2.13. The van der Waals surface area contributed by atoms with Gasteiger partial charge in [0.25, 0.3) is 0 Å². The monoisotopic (exact) mass is 396 g/mol. The van der Waals surface area contributed by atoms with Crippen molar-refractivity contribution in [2.75, 3.05) is 13.3 Å². The van der Waals surface area contributed by atoms with Crippen molar-refractivity contribution in [3.8, 4) is 11.5 Å². The van der Waals surface area contributed by atoms with Gasteiger partial charge in [-0.15, -0.1) is 0 Å². The first kappa shape index (κ1) is 20.5. The second-order valence-electron chi connectivity index (χ2n) is 6.43. The van der Waals surface area contributed by atoms with Gasteiger partial charge in [0.15, 0.2) is 21.7 Å². The Kier molecular flexibility index (Phi) is 8.70. The van der Waals surface area contributed by atoms with E-state index in [4.69, 9.17) is 33.9 Å². The predicted molar refractivity (Wildman–Crippen MR) is 112 cm³/mol. The summed E-state index contributed by atoms with van der Waals surface area (Å²) in [4.78, 5) is 0. The molecular formula is C18H28N4O2S2. The zero-order valence-electron chi connectivity index (χ0n) is 15.4. The van der Waals surface area contributed by atoms with Crippen molar-refractivity contribution in [2.45, 2.75) is 46.1 Å². The molecule has 0 spiro atoms. The normalized spacial score (nSPS) is 13.0. The maximum absolute atomic E-state index is 5.37. The summed E-state index contributed by atoms with van der Waals surface area (Å²) >= 11 is 10.5. The van der Waals surface area contributed by atoms with E-state index in [1.54, 1.807) is 0 Å².